The number of carbonyl (C=O) groups is 1. The normalized spacial score (nSPS) is 12.5. The van der Waals surface area contributed by atoms with E-state index in [1.54, 1.807) is 37.4 Å². The molecule has 0 aliphatic rings. The third-order valence-electron chi connectivity index (χ3n) is 6.20. The Kier molecular flexibility index (Phi) is 8.98. The second kappa shape index (κ2) is 12.6. The van der Waals surface area contributed by atoms with Crippen LogP contribution in [0.15, 0.2) is 71.8 Å². The van der Waals surface area contributed by atoms with Gasteiger partial charge in [0, 0.05) is 46.1 Å². The van der Waals surface area contributed by atoms with Crippen LogP contribution < -0.4 is 25.8 Å². The van der Waals surface area contributed by atoms with E-state index in [0.29, 0.717) is 34.5 Å². The molecule has 4 aromatic rings. The second-order valence-corrected chi connectivity index (χ2v) is 10.3. The lowest BCUT2D eigenvalue weighted by Gasteiger charge is -2.22. The zero-order chi connectivity index (χ0) is 27.9. The van der Waals surface area contributed by atoms with Crippen molar-refractivity contribution in [1.29, 1.82) is 0 Å². The maximum absolute atomic E-state index is 15.4. The monoisotopic (exact) mass is 550 g/mol. The highest BCUT2D eigenvalue weighted by atomic mass is 32.2. The molecule has 8 nitrogen and oxygen atoms in total. The SMILES string of the molecule is CCOc1cc(C(Nc2ccc3c(N)nccc3c2)C(=O)NCc2ccccc2S(=O)CC)c(F)cc1OC. The lowest BCUT2D eigenvalue weighted by molar-refractivity contribution is -0.122. The lowest BCUT2D eigenvalue weighted by atomic mass is 10.0. The van der Waals surface area contributed by atoms with Crippen LogP contribution in [-0.4, -0.2) is 34.6 Å². The molecule has 0 fully saturated rings. The number of carbonyl (C=O) groups excluding carboxylic acids is 1. The Labute approximate surface area is 229 Å². The average Bonchev–Trinajstić information content (AvgIpc) is 2.95. The Morgan fingerprint density at radius 2 is 1.90 bits per heavy atom. The molecule has 0 spiro atoms. The fourth-order valence-corrected chi connectivity index (χ4v) is 5.23. The van der Waals surface area contributed by atoms with Crippen LogP contribution in [-0.2, 0) is 22.1 Å². The summed E-state index contributed by atoms with van der Waals surface area (Å²) in [6.07, 6.45) is 1.60. The first-order chi connectivity index (χ1) is 18.9. The quantitative estimate of drug-likeness (QED) is 0.242. The second-order valence-electron chi connectivity index (χ2n) is 8.63. The van der Waals surface area contributed by atoms with Gasteiger partial charge < -0.3 is 25.8 Å². The topological polar surface area (TPSA) is 116 Å². The molecule has 2 unspecified atom stereocenters. The van der Waals surface area contributed by atoms with Gasteiger partial charge in [-0.2, -0.15) is 0 Å². The van der Waals surface area contributed by atoms with Gasteiger partial charge in [-0.05, 0) is 54.3 Å². The highest BCUT2D eigenvalue weighted by molar-refractivity contribution is 7.85. The van der Waals surface area contributed by atoms with Gasteiger partial charge in [-0.1, -0.05) is 25.1 Å². The van der Waals surface area contributed by atoms with Crippen LogP contribution >= 0.6 is 0 Å². The van der Waals surface area contributed by atoms with Crippen molar-refractivity contribution >= 4 is 39.0 Å². The third-order valence-corrected chi connectivity index (χ3v) is 7.61. The molecule has 0 radical (unpaired) electrons. The number of amides is 1. The number of nitrogens with zero attached hydrogens (tertiary/aromatic N) is 1. The van der Waals surface area contributed by atoms with Crippen LogP contribution in [0.25, 0.3) is 10.8 Å². The highest BCUT2D eigenvalue weighted by Gasteiger charge is 2.26. The Balaban J connectivity index is 1.71. The minimum Gasteiger partial charge on any atom is -0.493 e. The van der Waals surface area contributed by atoms with Gasteiger partial charge in [0.15, 0.2) is 11.5 Å². The first-order valence-electron chi connectivity index (χ1n) is 12.5. The number of nitrogens with one attached hydrogen (secondary N) is 2. The number of pyridine rings is 1. The first-order valence-corrected chi connectivity index (χ1v) is 13.8. The smallest absolute Gasteiger partial charge is 0.247 e. The third kappa shape index (κ3) is 6.28. The number of hydrogen-bond acceptors (Lipinski definition) is 7. The van der Waals surface area contributed by atoms with Crippen molar-refractivity contribution in [2.45, 2.75) is 31.3 Å². The number of methoxy groups -OCH3 is 1. The van der Waals surface area contributed by atoms with Crippen LogP contribution in [0.2, 0.25) is 0 Å². The number of rotatable bonds is 11. The molecule has 0 aliphatic heterocycles. The standard InChI is InChI=1S/C29H31FN4O4S/c1-4-38-25-15-22(23(30)16-24(25)37-3)27(34-20-10-11-21-18(14-20)12-13-32-28(21)31)29(35)33-17-19-8-6-7-9-26(19)39(36)5-2/h6-16,27,34H,4-5,17H2,1-3H3,(H2,31,32)(H,33,35). The van der Waals surface area contributed by atoms with Crippen molar-refractivity contribution in [3.8, 4) is 11.5 Å². The average molecular weight is 551 g/mol. The van der Waals surface area contributed by atoms with Crippen LogP contribution in [0.1, 0.15) is 31.0 Å². The Morgan fingerprint density at radius 3 is 2.64 bits per heavy atom. The zero-order valence-electron chi connectivity index (χ0n) is 22.0. The molecule has 0 aliphatic carbocycles. The molecule has 4 rings (SSSR count). The van der Waals surface area contributed by atoms with Gasteiger partial charge in [0.2, 0.25) is 5.91 Å². The van der Waals surface area contributed by atoms with E-state index in [-0.39, 0.29) is 17.9 Å². The summed E-state index contributed by atoms with van der Waals surface area (Å²) in [5, 5.41) is 7.63. The van der Waals surface area contributed by atoms with Gasteiger partial charge in [-0.25, -0.2) is 9.37 Å². The number of hydrogen-bond donors (Lipinski definition) is 3. The van der Waals surface area contributed by atoms with Crippen molar-refractivity contribution < 1.29 is 22.9 Å². The summed E-state index contributed by atoms with van der Waals surface area (Å²) < 4.78 is 38.9. The number of nitrogens with two attached hydrogens (primary N) is 1. The largest absolute Gasteiger partial charge is 0.493 e. The van der Waals surface area contributed by atoms with Crippen LogP contribution in [0.5, 0.6) is 11.5 Å². The molecule has 0 bridgehead atoms. The van der Waals surface area contributed by atoms with Crippen molar-refractivity contribution in [2.24, 2.45) is 0 Å². The Bertz CT molecular complexity index is 1510. The maximum atomic E-state index is 15.4. The molecule has 4 N–H and O–H groups in total. The van der Waals surface area contributed by atoms with Gasteiger partial charge in [0.25, 0.3) is 0 Å². The molecule has 3 aromatic carbocycles. The van der Waals surface area contributed by atoms with Gasteiger partial charge in [0.1, 0.15) is 17.7 Å². The fourth-order valence-electron chi connectivity index (χ4n) is 4.25. The zero-order valence-corrected chi connectivity index (χ0v) is 22.8. The minimum atomic E-state index is -1.20. The van der Waals surface area contributed by atoms with Crippen LogP contribution in [0.3, 0.4) is 0 Å². The molecule has 1 amide bonds. The summed E-state index contributed by atoms with van der Waals surface area (Å²) in [7, 11) is 0.227. The van der Waals surface area contributed by atoms with Gasteiger partial charge >= 0.3 is 0 Å². The predicted molar refractivity (Wildman–Crippen MR) is 152 cm³/mol. The van der Waals surface area contributed by atoms with Crippen LogP contribution in [0.4, 0.5) is 15.9 Å². The number of anilines is 2. The predicted octanol–water partition coefficient (Wildman–Crippen LogP) is 4.96. The van der Waals surface area contributed by atoms with E-state index in [4.69, 9.17) is 15.2 Å². The van der Waals surface area contributed by atoms with Gasteiger partial charge in [0.05, 0.1) is 24.5 Å². The van der Waals surface area contributed by atoms with E-state index in [2.05, 4.69) is 15.6 Å². The molecule has 0 saturated carbocycles. The molecular weight excluding hydrogens is 519 g/mol. The molecule has 2 atom stereocenters. The Hall–Kier alpha value is -4.18. The molecule has 204 valence electrons. The summed E-state index contributed by atoms with van der Waals surface area (Å²) in [4.78, 5) is 18.4. The molecule has 1 aromatic heterocycles. The lowest BCUT2D eigenvalue weighted by Crippen LogP contribution is -2.34. The first kappa shape index (κ1) is 27.8. The minimum absolute atomic E-state index is 0.0801. The van der Waals surface area contributed by atoms with Crippen molar-refractivity contribution in [3.63, 3.8) is 0 Å². The van der Waals surface area contributed by atoms with Crippen LogP contribution in [0, 0.1) is 5.82 Å². The van der Waals surface area contributed by atoms with E-state index < -0.39 is 28.6 Å². The summed E-state index contributed by atoms with van der Waals surface area (Å²) in [5.41, 5.74) is 7.37. The molecule has 39 heavy (non-hydrogen) atoms. The van der Waals surface area contributed by atoms with E-state index in [1.807, 2.05) is 31.2 Å². The summed E-state index contributed by atoms with van der Waals surface area (Å²) in [6, 6.07) is 15.9. The van der Waals surface area contributed by atoms with E-state index in [9.17, 15) is 9.00 Å². The number of fused-ring (bicyclic) bond motifs is 1. The van der Waals surface area contributed by atoms with E-state index in [1.165, 1.54) is 19.2 Å². The number of halogens is 1. The number of aromatic nitrogens is 1. The number of ether oxygens (including phenoxy) is 2. The summed E-state index contributed by atoms with van der Waals surface area (Å²) in [5.74, 6) is 0.268. The van der Waals surface area contributed by atoms with E-state index >= 15 is 4.39 Å². The molecular formula is C29H31FN4O4S. The van der Waals surface area contributed by atoms with Crippen molar-refractivity contribution in [1.82, 2.24) is 10.3 Å². The molecule has 0 saturated heterocycles. The fraction of sp³-hybridized carbons (Fsp3) is 0.241. The maximum Gasteiger partial charge on any atom is 0.247 e. The summed E-state index contributed by atoms with van der Waals surface area (Å²) >= 11 is 0. The number of benzene rings is 3. The van der Waals surface area contributed by atoms with Gasteiger partial charge in [-0.15, -0.1) is 0 Å². The summed E-state index contributed by atoms with van der Waals surface area (Å²) in [6.45, 7) is 4.09. The van der Waals surface area contributed by atoms with Crippen molar-refractivity contribution in [2.75, 3.05) is 30.5 Å². The van der Waals surface area contributed by atoms with Crippen molar-refractivity contribution in [3.05, 3.63) is 83.8 Å². The Morgan fingerprint density at radius 1 is 1.10 bits per heavy atom. The van der Waals surface area contributed by atoms with Gasteiger partial charge in [-0.3, -0.25) is 9.00 Å². The number of nitrogen functional groups attached to an aromatic ring is 1. The molecule has 1 heterocycles. The van der Waals surface area contributed by atoms with E-state index in [0.717, 1.165) is 16.3 Å². The molecule has 10 heteroatoms. The highest BCUT2D eigenvalue weighted by Crippen LogP contribution is 2.35.